The fourth-order valence-corrected chi connectivity index (χ4v) is 1.10. The van der Waals surface area contributed by atoms with Crippen LogP contribution >= 0.6 is 11.6 Å². The van der Waals surface area contributed by atoms with Crippen molar-refractivity contribution in [3.63, 3.8) is 0 Å². The Morgan fingerprint density at radius 3 is 2.73 bits per heavy atom. The van der Waals surface area contributed by atoms with Crippen molar-refractivity contribution in [2.75, 3.05) is 0 Å². The quantitative estimate of drug-likeness (QED) is 0.477. The fourth-order valence-electron chi connectivity index (χ4n) is 0.890. The second-order valence-electron chi connectivity index (χ2n) is 2.38. The van der Waals surface area contributed by atoms with E-state index < -0.39 is 0 Å². The summed E-state index contributed by atoms with van der Waals surface area (Å²) in [6.45, 7) is 3.35. The van der Waals surface area contributed by atoms with Crippen LogP contribution in [-0.4, -0.2) is 10.8 Å². The zero-order valence-corrected chi connectivity index (χ0v) is 7.14. The van der Waals surface area contributed by atoms with E-state index in [0.717, 1.165) is 5.56 Å². The number of halogens is 1. The van der Waals surface area contributed by atoms with E-state index in [1.165, 1.54) is 13.1 Å². The Kier molecular flexibility index (Phi) is 2.25. The van der Waals surface area contributed by atoms with Gasteiger partial charge in [-0.2, -0.15) is 0 Å². The lowest BCUT2D eigenvalue weighted by Crippen LogP contribution is -1.96. The molecule has 11 heavy (non-hydrogen) atoms. The van der Waals surface area contributed by atoms with Crippen molar-refractivity contribution < 1.29 is 4.79 Å². The van der Waals surface area contributed by atoms with Crippen molar-refractivity contribution in [1.82, 2.24) is 4.98 Å². The molecular formula is C8H8ClNO. The monoisotopic (exact) mass is 169 g/mol. The molecule has 0 unspecified atom stereocenters. The molecule has 0 radical (unpaired) electrons. The first-order valence-corrected chi connectivity index (χ1v) is 3.62. The van der Waals surface area contributed by atoms with Gasteiger partial charge in [0.15, 0.2) is 5.78 Å². The maximum absolute atomic E-state index is 10.9. The van der Waals surface area contributed by atoms with E-state index >= 15 is 0 Å². The molecule has 3 heteroatoms. The molecule has 0 atom stereocenters. The Morgan fingerprint density at radius 2 is 2.27 bits per heavy atom. The molecule has 1 heterocycles. The van der Waals surface area contributed by atoms with Gasteiger partial charge in [-0.3, -0.25) is 4.79 Å². The second kappa shape index (κ2) is 3.01. The minimum Gasteiger partial charge on any atom is -0.294 e. The molecule has 1 aromatic rings. The van der Waals surface area contributed by atoms with E-state index in [9.17, 15) is 4.79 Å². The topological polar surface area (TPSA) is 30.0 Å². The van der Waals surface area contributed by atoms with Gasteiger partial charge < -0.3 is 0 Å². The highest BCUT2D eigenvalue weighted by molar-refractivity contribution is 6.29. The lowest BCUT2D eigenvalue weighted by Gasteiger charge is -1.99. The number of rotatable bonds is 1. The number of aromatic nitrogens is 1. The van der Waals surface area contributed by atoms with Crippen LogP contribution < -0.4 is 0 Å². The summed E-state index contributed by atoms with van der Waals surface area (Å²) in [6, 6.07) is 1.68. The van der Waals surface area contributed by atoms with Crippen LogP contribution in [0.4, 0.5) is 0 Å². The molecule has 0 saturated carbocycles. The molecule has 0 amide bonds. The summed E-state index contributed by atoms with van der Waals surface area (Å²) in [4.78, 5) is 14.7. The van der Waals surface area contributed by atoms with Crippen LogP contribution in [0.25, 0.3) is 0 Å². The number of carbonyl (C=O) groups is 1. The van der Waals surface area contributed by atoms with Crippen LogP contribution in [0, 0.1) is 6.92 Å². The second-order valence-corrected chi connectivity index (χ2v) is 2.77. The largest absolute Gasteiger partial charge is 0.294 e. The third kappa shape index (κ3) is 1.77. The van der Waals surface area contributed by atoms with E-state index in [0.29, 0.717) is 10.7 Å². The van der Waals surface area contributed by atoms with Crippen molar-refractivity contribution >= 4 is 17.4 Å². The van der Waals surface area contributed by atoms with Crippen molar-refractivity contribution in [3.8, 4) is 0 Å². The van der Waals surface area contributed by atoms with Crippen LogP contribution in [0.3, 0.4) is 0 Å². The Labute approximate surface area is 70.2 Å². The van der Waals surface area contributed by atoms with Crippen LogP contribution in [-0.2, 0) is 0 Å². The summed E-state index contributed by atoms with van der Waals surface area (Å²) in [6.07, 6.45) is 1.50. The molecule has 0 aliphatic carbocycles. The molecule has 0 aliphatic rings. The molecule has 0 saturated heterocycles. The average molecular weight is 170 g/mol. The first-order valence-electron chi connectivity index (χ1n) is 3.24. The average Bonchev–Trinajstić information content (AvgIpc) is 1.85. The third-order valence-electron chi connectivity index (χ3n) is 1.46. The first kappa shape index (κ1) is 8.21. The van der Waals surface area contributed by atoms with E-state index in [1.54, 1.807) is 6.07 Å². The Hall–Kier alpha value is -0.890. The van der Waals surface area contributed by atoms with Crippen LogP contribution in [0.5, 0.6) is 0 Å². The lowest BCUT2D eigenvalue weighted by molar-refractivity contribution is 0.101. The highest BCUT2D eigenvalue weighted by Gasteiger charge is 2.03. The van der Waals surface area contributed by atoms with Gasteiger partial charge in [-0.25, -0.2) is 4.98 Å². The molecule has 0 bridgehead atoms. The number of nitrogens with zero attached hydrogens (tertiary/aromatic N) is 1. The summed E-state index contributed by atoms with van der Waals surface area (Å²) >= 11 is 5.60. The van der Waals surface area contributed by atoms with E-state index in [2.05, 4.69) is 4.98 Å². The molecule has 1 rings (SSSR count). The summed E-state index contributed by atoms with van der Waals surface area (Å²) in [7, 11) is 0. The smallest absolute Gasteiger partial charge is 0.161 e. The normalized spacial score (nSPS) is 9.73. The number of carbonyl (C=O) groups excluding carboxylic acids is 1. The maximum Gasteiger partial charge on any atom is 0.161 e. The standard InChI is InChI=1S/C8H8ClNO/c1-5-3-8(9)10-4-7(5)6(2)11/h3-4H,1-2H3. The molecule has 0 fully saturated rings. The van der Waals surface area contributed by atoms with Gasteiger partial charge in [0.1, 0.15) is 5.15 Å². The molecule has 0 aromatic carbocycles. The van der Waals surface area contributed by atoms with Gasteiger partial charge in [-0.15, -0.1) is 0 Å². The Morgan fingerprint density at radius 1 is 1.64 bits per heavy atom. The predicted molar refractivity (Wildman–Crippen MR) is 44.0 cm³/mol. The van der Waals surface area contributed by atoms with E-state index in [4.69, 9.17) is 11.6 Å². The summed E-state index contributed by atoms with van der Waals surface area (Å²) in [5.41, 5.74) is 1.51. The van der Waals surface area contributed by atoms with Crippen LogP contribution in [0.1, 0.15) is 22.8 Å². The number of hydrogen-bond donors (Lipinski definition) is 0. The Balaban J connectivity index is 3.20. The van der Waals surface area contributed by atoms with E-state index in [-0.39, 0.29) is 5.78 Å². The summed E-state index contributed by atoms with van der Waals surface area (Å²) in [5, 5.41) is 0.424. The van der Waals surface area contributed by atoms with Crippen molar-refractivity contribution in [3.05, 3.63) is 28.5 Å². The third-order valence-corrected chi connectivity index (χ3v) is 1.66. The fraction of sp³-hybridized carbons (Fsp3) is 0.250. The first-order chi connectivity index (χ1) is 5.11. The highest BCUT2D eigenvalue weighted by Crippen LogP contribution is 2.11. The molecule has 0 spiro atoms. The van der Waals surface area contributed by atoms with Gasteiger partial charge in [0, 0.05) is 11.8 Å². The SMILES string of the molecule is CC(=O)c1cnc(Cl)cc1C. The molecular weight excluding hydrogens is 162 g/mol. The lowest BCUT2D eigenvalue weighted by atomic mass is 10.1. The van der Waals surface area contributed by atoms with Crippen LogP contribution in [0.15, 0.2) is 12.3 Å². The predicted octanol–water partition coefficient (Wildman–Crippen LogP) is 2.25. The molecule has 2 nitrogen and oxygen atoms in total. The molecule has 1 aromatic heterocycles. The number of pyridine rings is 1. The number of aryl methyl sites for hydroxylation is 1. The van der Waals surface area contributed by atoms with Gasteiger partial charge in [-0.1, -0.05) is 11.6 Å². The van der Waals surface area contributed by atoms with Crippen LogP contribution in [0.2, 0.25) is 5.15 Å². The number of hydrogen-bond acceptors (Lipinski definition) is 2. The van der Waals surface area contributed by atoms with Crippen molar-refractivity contribution in [2.24, 2.45) is 0 Å². The highest BCUT2D eigenvalue weighted by atomic mass is 35.5. The molecule has 58 valence electrons. The Bertz CT molecular complexity index is 296. The summed E-state index contributed by atoms with van der Waals surface area (Å²) < 4.78 is 0. The van der Waals surface area contributed by atoms with Gasteiger partial charge >= 0.3 is 0 Å². The minimum absolute atomic E-state index is 0.0201. The zero-order chi connectivity index (χ0) is 8.43. The molecule has 0 N–H and O–H groups in total. The van der Waals surface area contributed by atoms with Gasteiger partial charge in [0.25, 0.3) is 0 Å². The van der Waals surface area contributed by atoms with Crippen molar-refractivity contribution in [2.45, 2.75) is 13.8 Å². The van der Waals surface area contributed by atoms with Crippen molar-refractivity contribution in [1.29, 1.82) is 0 Å². The molecule has 0 aliphatic heterocycles. The number of ketones is 1. The van der Waals surface area contributed by atoms with Gasteiger partial charge in [0.05, 0.1) is 0 Å². The maximum atomic E-state index is 10.9. The van der Waals surface area contributed by atoms with E-state index in [1.807, 2.05) is 6.92 Å². The minimum atomic E-state index is 0.0201. The number of Topliss-reactive ketones (excluding diaryl/α,β-unsaturated/α-hetero) is 1. The zero-order valence-electron chi connectivity index (χ0n) is 6.39. The van der Waals surface area contributed by atoms with Gasteiger partial charge in [0.2, 0.25) is 0 Å². The summed E-state index contributed by atoms with van der Waals surface area (Å²) in [5.74, 6) is 0.0201. The van der Waals surface area contributed by atoms with Gasteiger partial charge in [-0.05, 0) is 25.5 Å².